The minimum Gasteiger partial charge on any atom is -0.341 e. The molecule has 6 nitrogen and oxygen atoms in total. The molecule has 1 aliphatic rings. The Morgan fingerprint density at radius 2 is 2.12 bits per heavy atom. The summed E-state index contributed by atoms with van der Waals surface area (Å²) in [4.78, 5) is 14.3. The van der Waals surface area contributed by atoms with Crippen LogP contribution in [0.5, 0.6) is 0 Å². The molecule has 1 aromatic carbocycles. The van der Waals surface area contributed by atoms with Crippen LogP contribution in [0.25, 0.3) is 10.1 Å². The van der Waals surface area contributed by atoms with Crippen LogP contribution in [0, 0.1) is 0 Å². The number of hydrogen-bond donors (Lipinski definition) is 0. The van der Waals surface area contributed by atoms with Crippen molar-refractivity contribution in [3.8, 4) is 0 Å². The van der Waals surface area contributed by atoms with E-state index in [2.05, 4.69) is 4.37 Å². The summed E-state index contributed by atoms with van der Waals surface area (Å²) in [5, 5.41) is 0.489. The van der Waals surface area contributed by atoms with Crippen molar-refractivity contribution in [1.29, 1.82) is 0 Å². The molecule has 8 heteroatoms. The Morgan fingerprint density at radius 1 is 1.38 bits per heavy atom. The van der Waals surface area contributed by atoms with Gasteiger partial charge in [0.25, 0.3) is 0 Å². The van der Waals surface area contributed by atoms with Gasteiger partial charge < -0.3 is 4.90 Å². The highest BCUT2D eigenvalue weighted by Crippen LogP contribution is 2.24. The van der Waals surface area contributed by atoms with Crippen LogP contribution in [0.1, 0.15) is 18.5 Å². The fourth-order valence-electron chi connectivity index (χ4n) is 3.03. The number of aromatic nitrogens is 1. The maximum absolute atomic E-state index is 12.6. The number of piperidine rings is 1. The number of fused-ring (bicyclic) bond motifs is 1. The molecular formula is C16H21N3O3S2. The van der Waals surface area contributed by atoms with Crippen molar-refractivity contribution in [3.05, 3.63) is 30.0 Å². The summed E-state index contributed by atoms with van der Waals surface area (Å²) in [7, 11) is -0.259. The Morgan fingerprint density at radius 3 is 2.88 bits per heavy atom. The van der Waals surface area contributed by atoms with Gasteiger partial charge in [0, 0.05) is 32.6 Å². The van der Waals surface area contributed by atoms with E-state index < -0.39 is 15.3 Å². The Balaban J connectivity index is 1.73. The van der Waals surface area contributed by atoms with E-state index in [4.69, 9.17) is 0 Å². The topological polar surface area (TPSA) is 70.6 Å². The zero-order valence-corrected chi connectivity index (χ0v) is 15.4. The Labute approximate surface area is 146 Å². The van der Waals surface area contributed by atoms with Crippen molar-refractivity contribution in [2.45, 2.75) is 24.5 Å². The second kappa shape index (κ2) is 6.78. The maximum Gasteiger partial charge on any atom is 0.228 e. The van der Waals surface area contributed by atoms with Crippen LogP contribution < -0.4 is 0 Å². The largest absolute Gasteiger partial charge is 0.341 e. The van der Waals surface area contributed by atoms with E-state index in [1.165, 1.54) is 29.9 Å². The summed E-state index contributed by atoms with van der Waals surface area (Å²) in [6.45, 7) is 0.877. The van der Waals surface area contributed by atoms with Crippen molar-refractivity contribution in [2.75, 3.05) is 27.2 Å². The van der Waals surface area contributed by atoms with Crippen molar-refractivity contribution < 1.29 is 13.2 Å². The molecule has 1 unspecified atom stereocenters. The number of likely N-dealkylation sites (tertiary alicyclic amines) is 1. The third kappa shape index (κ3) is 3.31. The maximum atomic E-state index is 12.6. The molecule has 0 spiro atoms. The third-order valence-electron chi connectivity index (χ3n) is 4.43. The highest BCUT2D eigenvalue weighted by Gasteiger charge is 2.34. The summed E-state index contributed by atoms with van der Waals surface area (Å²) in [6, 6.07) is 7.84. The first-order valence-corrected chi connectivity index (χ1v) is 10.2. The highest BCUT2D eigenvalue weighted by molar-refractivity contribution is 7.89. The standard InChI is InChI=1S/C16H21N3O3S2/c1-18(2)24(21,22)12-6-5-9-19(11-12)16(20)10-14-13-7-3-4-8-15(13)23-17-14/h3-4,7-8,12H,5-6,9-11H2,1-2H3. The van der Waals surface area contributed by atoms with Gasteiger partial charge in [0.05, 0.1) is 22.1 Å². The van der Waals surface area contributed by atoms with Crippen molar-refractivity contribution in [1.82, 2.24) is 13.6 Å². The van der Waals surface area contributed by atoms with Gasteiger partial charge in [0.2, 0.25) is 15.9 Å². The summed E-state index contributed by atoms with van der Waals surface area (Å²) in [6.07, 6.45) is 1.53. The van der Waals surface area contributed by atoms with E-state index >= 15 is 0 Å². The van der Waals surface area contributed by atoms with Gasteiger partial charge in [-0.15, -0.1) is 0 Å². The zero-order chi connectivity index (χ0) is 17.3. The molecule has 1 aliphatic heterocycles. The molecule has 0 aliphatic carbocycles. The highest BCUT2D eigenvalue weighted by atomic mass is 32.2. The smallest absolute Gasteiger partial charge is 0.228 e. The quantitative estimate of drug-likeness (QED) is 0.825. The molecule has 1 aromatic heterocycles. The van der Waals surface area contributed by atoms with Crippen LogP contribution >= 0.6 is 11.5 Å². The first kappa shape index (κ1) is 17.3. The first-order chi connectivity index (χ1) is 11.4. The molecule has 1 fully saturated rings. The molecule has 2 heterocycles. The molecule has 130 valence electrons. The van der Waals surface area contributed by atoms with Gasteiger partial charge >= 0.3 is 0 Å². The average Bonchev–Trinajstić information content (AvgIpc) is 2.98. The summed E-state index contributed by atoms with van der Waals surface area (Å²) < 4.78 is 31.4. The van der Waals surface area contributed by atoms with Gasteiger partial charge in [-0.1, -0.05) is 18.2 Å². The van der Waals surface area contributed by atoms with E-state index in [0.29, 0.717) is 19.4 Å². The molecule has 0 saturated carbocycles. The lowest BCUT2D eigenvalue weighted by Crippen LogP contribution is -2.48. The van der Waals surface area contributed by atoms with Crippen LogP contribution in [-0.2, 0) is 21.2 Å². The fourth-order valence-corrected chi connectivity index (χ4v) is 5.25. The van der Waals surface area contributed by atoms with Crippen LogP contribution in [0.3, 0.4) is 0 Å². The average molecular weight is 367 g/mol. The lowest BCUT2D eigenvalue weighted by atomic mass is 10.1. The normalized spacial score (nSPS) is 19.1. The molecule has 1 atom stereocenters. The molecule has 1 amide bonds. The van der Waals surface area contributed by atoms with Gasteiger partial charge in [-0.05, 0) is 30.4 Å². The van der Waals surface area contributed by atoms with E-state index in [1.54, 1.807) is 4.90 Å². The molecule has 0 bridgehead atoms. The van der Waals surface area contributed by atoms with Crippen LogP contribution in [0.2, 0.25) is 0 Å². The predicted octanol–water partition coefficient (Wildman–Crippen LogP) is 1.72. The minimum absolute atomic E-state index is 0.0512. The molecule has 24 heavy (non-hydrogen) atoms. The Hall–Kier alpha value is -1.51. The lowest BCUT2D eigenvalue weighted by molar-refractivity contribution is -0.131. The second-order valence-corrected chi connectivity index (χ2v) is 9.47. The van der Waals surface area contributed by atoms with Gasteiger partial charge in [-0.2, -0.15) is 4.37 Å². The Kier molecular flexibility index (Phi) is 4.89. The molecule has 3 rings (SSSR count). The van der Waals surface area contributed by atoms with Crippen molar-refractivity contribution in [3.63, 3.8) is 0 Å². The fraction of sp³-hybridized carbons (Fsp3) is 0.500. The van der Waals surface area contributed by atoms with Gasteiger partial charge in [-0.3, -0.25) is 4.79 Å². The lowest BCUT2D eigenvalue weighted by Gasteiger charge is -2.33. The first-order valence-electron chi connectivity index (χ1n) is 7.92. The minimum atomic E-state index is -3.34. The number of carbonyl (C=O) groups excluding carboxylic acids is 1. The molecule has 0 radical (unpaired) electrons. The number of nitrogens with zero attached hydrogens (tertiary/aromatic N) is 3. The number of carbonyl (C=O) groups is 1. The van der Waals surface area contributed by atoms with E-state index in [1.807, 2.05) is 24.3 Å². The van der Waals surface area contributed by atoms with Crippen LogP contribution in [0.4, 0.5) is 0 Å². The summed E-state index contributed by atoms with van der Waals surface area (Å²) >= 11 is 1.39. The van der Waals surface area contributed by atoms with E-state index in [0.717, 1.165) is 15.8 Å². The van der Waals surface area contributed by atoms with Gasteiger partial charge in [-0.25, -0.2) is 12.7 Å². The predicted molar refractivity (Wildman–Crippen MR) is 95.5 cm³/mol. The zero-order valence-electron chi connectivity index (χ0n) is 13.8. The number of amides is 1. The number of rotatable bonds is 4. The summed E-state index contributed by atoms with van der Waals surface area (Å²) in [5.41, 5.74) is 0.776. The monoisotopic (exact) mass is 367 g/mol. The molecule has 2 aromatic rings. The second-order valence-electron chi connectivity index (χ2n) is 6.23. The van der Waals surface area contributed by atoms with E-state index in [9.17, 15) is 13.2 Å². The Bertz CT molecular complexity index is 845. The third-order valence-corrected chi connectivity index (χ3v) is 7.54. The summed E-state index contributed by atoms with van der Waals surface area (Å²) in [5.74, 6) is -0.0512. The van der Waals surface area contributed by atoms with Crippen LogP contribution in [-0.4, -0.2) is 60.3 Å². The van der Waals surface area contributed by atoms with E-state index in [-0.39, 0.29) is 18.9 Å². The SMILES string of the molecule is CN(C)S(=O)(=O)C1CCCN(C(=O)Cc2nsc3ccccc23)C1. The molecular weight excluding hydrogens is 346 g/mol. The number of hydrogen-bond acceptors (Lipinski definition) is 5. The molecule has 1 saturated heterocycles. The van der Waals surface area contributed by atoms with Crippen molar-refractivity contribution >= 4 is 37.5 Å². The number of benzene rings is 1. The molecule has 0 N–H and O–H groups in total. The van der Waals surface area contributed by atoms with Gasteiger partial charge in [0.15, 0.2) is 0 Å². The van der Waals surface area contributed by atoms with Gasteiger partial charge in [0.1, 0.15) is 0 Å². The van der Waals surface area contributed by atoms with Crippen molar-refractivity contribution in [2.24, 2.45) is 0 Å². The van der Waals surface area contributed by atoms with Crippen LogP contribution in [0.15, 0.2) is 24.3 Å². The number of sulfonamides is 1.